The maximum absolute atomic E-state index is 13.2. The van der Waals surface area contributed by atoms with Crippen LogP contribution in [0.3, 0.4) is 0 Å². The smallest absolute Gasteiger partial charge is 0.226 e. The summed E-state index contributed by atoms with van der Waals surface area (Å²) in [5.41, 5.74) is 0.748. The number of hydrogen-bond acceptors (Lipinski definition) is 6. The van der Waals surface area contributed by atoms with Gasteiger partial charge in [0, 0.05) is 30.4 Å². The third-order valence-corrected chi connectivity index (χ3v) is 6.70. The zero-order valence-corrected chi connectivity index (χ0v) is 15.9. The quantitative estimate of drug-likeness (QED) is 0.697. The van der Waals surface area contributed by atoms with E-state index in [-0.39, 0.29) is 12.0 Å². The minimum absolute atomic E-state index is 0.125. The third-order valence-electron chi connectivity index (χ3n) is 5.72. The molecular weight excluding hydrogens is 360 g/mol. The maximum Gasteiger partial charge on any atom is 0.226 e. The van der Waals surface area contributed by atoms with E-state index in [9.17, 15) is 4.79 Å². The van der Waals surface area contributed by atoms with E-state index in [0.29, 0.717) is 5.91 Å². The van der Waals surface area contributed by atoms with Crippen molar-refractivity contribution in [2.24, 2.45) is 5.92 Å². The molecule has 3 aromatic rings. The van der Waals surface area contributed by atoms with Crippen LogP contribution in [0.4, 0.5) is 5.82 Å². The van der Waals surface area contributed by atoms with Crippen molar-refractivity contribution in [1.82, 2.24) is 24.7 Å². The van der Waals surface area contributed by atoms with Gasteiger partial charge in [0.05, 0.1) is 6.04 Å². The van der Waals surface area contributed by atoms with Crippen LogP contribution in [-0.2, 0) is 4.79 Å². The number of likely N-dealkylation sites (tertiary alicyclic amines) is 1. The monoisotopic (exact) mass is 382 g/mol. The molecule has 5 rings (SSSR count). The van der Waals surface area contributed by atoms with Gasteiger partial charge in [-0.2, -0.15) is 4.52 Å². The van der Waals surface area contributed by atoms with E-state index in [1.54, 1.807) is 22.2 Å². The molecule has 8 heteroatoms. The number of carbonyl (C=O) groups excluding carboxylic acids is 1. The van der Waals surface area contributed by atoms with Gasteiger partial charge in [0.15, 0.2) is 5.65 Å². The zero-order valence-electron chi connectivity index (χ0n) is 15.1. The van der Waals surface area contributed by atoms with Crippen LogP contribution in [0.1, 0.15) is 36.6 Å². The highest BCUT2D eigenvalue weighted by molar-refractivity contribution is 7.10. The van der Waals surface area contributed by atoms with Gasteiger partial charge in [-0.25, -0.2) is 0 Å². The van der Waals surface area contributed by atoms with E-state index in [1.807, 2.05) is 12.1 Å². The van der Waals surface area contributed by atoms with Crippen LogP contribution < -0.4 is 4.90 Å². The molecule has 0 N–H and O–H groups in total. The van der Waals surface area contributed by atoms with Crippen molar-refractivity contribution in [3.05, 3.63) is 40.8 Å². The number of fused-ring (bicyclic) bond motifs is 1. The molecule has 27 heavy (non-hydrogen) atoms. The van der Waals surface area contributed by atoms with Gasteiger partial charge in [-0.1, -0.05) is 6.07 Å². The Morgan fingerprint density at radius 3 is 2.81 bits per heavy atom. The van der Waals surface area contributed by atoms with Gasteiger partial charge in [-0.3, -0.25) is 4.79 Å². The fraction of sp³-hybridized carbons (Fsp3) is 0.474. The summed E-state index contributed by atoms with van der Waals surface area (Å²) >= 11 is 1.76. The Morgan fingerprint density at radius 2 is 2.00 bits per heavy atom. The SMILES string of the molecule is O=C(C1CCN(c2ccc3nncn3n2)CC1)N1CCCC1c1cccs1. The van der Waals surface area contributed by atoms with Crippen molar-refractivity contribution in [3.8, 4) is 0 Å². The molecule has 1 atom stereocenters. The molecule has 2 aliphatic heterocycles. The Labute approximate surface area is 161 Å². The molecule has 2 aliphatic rings. The Bertz CT molecular complexity index is 931. The molecule has 0 aliphatic carbocycles. The Hall–Kier alpha value is -2.48. The van der Waals surface area contributed by atoms with Crippen LogP contribution in [0.5, 0.6) is 0 Å². The van der Waals surface area contributed by atoms with Crippen molar-refractivity contribution in [2.45, 2.75) is 31.7 Å². The highest BCUT2D eigenvalue weighted by atomic mass is 32.1. The number of thiophene rings is 1. The van der Waals surface area contributed by atoms with Crippen LogP contribution in [0.15, 0.2) is 36.0 Å². The zero-order chi connectivity index (χ0) is 18.2. The highest BCUT2D eigenvalue weighted by Gasteiger charge is 2.35. The van der Waals surface area contributed by atoms with Gasteiger partial charge in [-0.15, -0.1) is 26.6 Å². The lowest BCUT2D eigenvalue weighted by Crippen LogP contribution is -2.42. The molecule has 0 saturated carbocycles. The number of anilines is 1. The van der Waals surface area contributed by atoms with Crippen LogP contribution in [0, 0.1) is 5.92 Å². The summed E-state index contributed by atoms with van der Waals surface area (Å²) in [6.45, 7) is 2.61. The van der Waals surface area contributed by atoms with Crippen LogP contribution in [0.25, 0.3) is 5.65 Å². The second kappa shape index (κ2) is 6.92. The lowest BCUT2D eigenvalue weighted by Gasteiger charge is -2.35. The summed E-state index contributed by atoms with van der Waals surface area (Å²) in [6, 6.07) is 8.45. The number of aromatic nitrogens is 4. The molecule has 0 radical (unpaired) electrons. The lowest BCUT2D eigenvalue weighted by atomic mass is 9.95. The molecule has 0 aromatic carbocycles. The summed E-state index contributed by atoms with van der Waals surface area (Å²) in [7, 11) is 0. The second-order valence-electron chi connectivity index (χ2n) is 7.29. The molecule has 140 valence electrons. The molecule has 0 bridgehead atoms. The average Bonchev–Trinajstić information content (AvgIpc) is 3.47. The first-order valence-electron chi connectivity index (χ1n) is 9.55. The standard InChI is InChI=1S/C19H22N6OS/c26-19(24-9-1-3-15(24)16-4-2-12-27-16)14-7-10-23(11-8-14)18-6-5-17-21-20-13-25(17)22-18/h2,4-6,12-15H,1,3,7-11H2. The Morgan fingerprint density at radius 1 is 1.11 bits per heavy atom. The van der Waals surface area contributed by atoms with Crippen molar-refractivity contribution < 1.29 is 4.79 Å². The Balaban J connectivity index is 1.25. The summed E-state index contributed by atoms with van der Waals surface area (Å²) < 4.78 is 1.70. The van der Waals surface area contributed by atoms with Crippen LogP contribution in [-0.4, -0.2) is 50.3 Å². The minimum atomic E-state index is 0.125. The van der Waals surface area contributed by atoms with Crippen LogP contribution >= 0.6 is 11.3 Å². The number of hydrogen-bond donors (Lipinski definition) is 0. The van der Waals surface area contributed by atoms with E-state index >= 15 is 0 Å². The van der Waals surface area contributed by atoms with Crippen molar-refractivity contribution in [1.29, 1.82) is 0 Å². The van der Waals surface area contributed by atoms with Crippen molar-refractivity contribution in [3.63, 3.8) is 0 Å². The lowest BCUT2D eigenvalue weighted by molar-refractivity contribution is -0.137. The molecule has 1 amide bonds. The van der Waals surface area contributed by atoms with Gasteiger partial charge in [-0.05, 0) is 49.3 Å². The van der Waals surface area contributed by atoms with Gasteiger partial charge in [0.1, 0.15) is 12.1 Å². The van der Waals surface area contributed by atoms with E-state index in [0.717, 1.165) is 56.8 Å². The van der Waals surface area contributed by atoms with Crippen molar-refractivity contribution >= 4 is 28.7 Å². The Kier molecular flexibility index (Phi) is 4.27. The molecule has 7 nitrogen and oxygen atoms in total. The van der Waals surface area contributed by atoms with Crippen molar-refractivity contribution in [2.75, 3.05) is 24.5 Å². The molecule has 3 aromatic heterocycles. The maximum atomic E-state index is 13.2. The van der Waals surface area contributed by atoms with E-state index in [2.05, 4.69) is 42.6 Å². The number of amides is 1. The van der Waals surface area contributed by atoms with Gasteiger partial charge in [0.2, 0.25) is 5.91 Å². The summed E-state index contributed by atoms with van der Waals surface area (Å²) in [5.74, 6) is 1.39. The normalized spacial score (nSPS) is 21.3. The molecule has 2 saturated heterocycles. The number of nitrogens with zero attached hydrogens (tertiary/aromatic N) is 6. The predicted molar refractivity (Wildman–Crippen MR) is 104 cm³/mol. The molecule has 5 heterocycles. The average molecular weight is 382 g/mol. The highest BCUT2D eigenvalue weighted by Crippen LogP contribution is 2.36. The third kappa shape index (κ3) is 3.07. The van der Waals surface area contributed by atoms with E-state index < -0.39 is 0 Å². The first-order valence-corrected chi connectivity index (χ1v) is 10.4. The largest absolute Gasteiger partial charge is 0.355 e. The van der Waals surface area contributed by atoms with E-state index in [1.165, 1.54) is 4.88 Å². The summed E-state index contributed by atoms with van der Waals surface area (Å²) in [4.78, 5) is 18.9. The fourth-order valence-electron chi connectivity index (χ4n) is 4.28. The molecule has 0 spiro atoms. The molecular formula is C19H22N6OS. The van der Waals surface area contributed by atoms with Gasteiger partial charge >= 0.3 is 0 Å². The number of rotatable bonds is 3. The molecule has 2 fully saturated rings. The topological polar surface area (TPSA) is 66.6 Å². The van der Waals surface area contributed by atoms with Crippen LogP contribution in [0.2, 0.25) is 0 Å². The second-order valence-corrected chi connectivity index (χ2v) is 8.27. The first kappa shape index (κ1) is 16.7. The van der Waals surface area contributed by atoms with Gasteiger partial charge < -0.3 is 9.80 Å². The minimum Gasteiger partial charge on any atom is -0.355 e. The predicted octanol–water partition coefficient (Wildman–Crippen LogP) is 2.77. The number of carbonyl (C=O) groups is 1. The number of piperidine rings is 1. The first-order chi connectivity index (χ1) is 13.3. The van der Waals surface area contributed by atoms with Gasteiger partial charge in [0.25, 0.3) is 0 Å². The van der Waals surface area contributed by atoms with E-state index in [4.69, 9.17) is 0 Å². The summed E-state index contributed by atoms with van der Waals surface area (Å²) in [6.07, 6.45) is 5.58. The fourth-order valence-corrected chi connectivity index (χ4v) is 5.16. The molecule has 1 unspecified atom stereocenters. The summed E-state index contributed by atoms with van der Waals surface area (Å²) in [5, 5.41) is 14.6.